The zero-order chi connectivity index (χ0) is 33.2. The molecule has 6 N–H and O–H groups in total. The number of benzene rings is 3. The van der Waals surface area contributed by atoms with Gasteiger partial charge in [0.2, 0.25) is 0 Å². The first-order valence-corrected chi connectivity index (χ1v) is 14.6. The molecule has 2 aliphatic heterocycles. The van der Waals surface area contributed by atoms with E-state index in [9.17, 15) is 24.0 Å². The number of amides is 5. The van der Waals surface area contributed by atoms with Crippen molar-refractivity contribution >= 4 is 57.8 Å². The molecule has 240 valence electrons. The molecule has 0 saturated heterocycles. The number of carbonyl (C=O) groups is 5. The molecule has 0 atom stereocenters. The summed E-state index contributed by atoms with van der Waals surface area (Å²) < 4.78 is 10.7. The largest absolute Gasteiger partial charge is 0.482 e. The quantitative estimate of drug-likeness (QED) is 0.144. The Balaban J connectivity index is 1.02. The van der Waals surface area contributed by atoms with Crippen LogP contribution in [0, 0.1) is 0 Å². The minimum absolute atomic E-state index is 0.00400. The number of hydrogen-bond acceptors (Lipinski definition) is 10. The number of rotatable bonds is 8. The van der Waals surface area contributed by atoms with Gasteiger partial charge in [-0.3, -0.25) is 29.1 Å². The third-order valence-corrected chi connectivity index (χ3v) is 7.47. The minimum atomic E-state index is -0.629. The van der Waals surface area contributed by atoms with Gasteiger partial charge in [0.15, 0.2) is 24.7 Å². The molecule has 0 fully saturated rings. The van der Waals surface area contributed by atoms with Crippen LogP contribution in [0.3, 0.4) is 0 Å². The van der Waals surface area contributed by atoms with Crippen LogP contribution < -0.4 is 36.1 Å². The molecule has 4 heterocycles. The van der Waals surface area contributed by atoms with E-state index >= 15 is 0 Å². The number of aromatic amines is 1. The average Bonchev–Trinajstić information content (AvgIpc) is 3.51. The molecule has 0 spiro atoms. The van der Waals surface area contributed by atoms with E-state index in [1.807, 2.05) is 0 Å². The summed E-state index contributed by atoms with van der Waals surface area (Å²) in [5, 5.41) is 20.5. The summed E-state index contributed by atoms with van der Waals surface area (Å²) in [5.74, 6) is -1.09. The second kappa shape index (κ2) is 12.5. The van der Waals surface area contributed by atoms with Crippen LogP contribution in [0.1, 0.15) is 42.3 Å². The Morgan fingerprint density at radius 1 is 0.729 bits per heavy atom. The van der Waals surface area contributed by atoms with Crippen LogP contribution in [-0.2, 0) is 22.7 Å². The predicted molar refractivity (Wildman–Crippen MR) is 170 cm³/mol. The van der Waals surface area contributed by atoms with Crippen LogP contribution in [0.25, 0.3) is 11.0 Å². The number of hydrogen-bond donors (Lipinski definition) is 6. The third-order valence-electron chi connectivity index (χ3n) is 7.47. The second-order valence-electron chi connectivity index (χ2n) is 10.7. The zero-order valence-electron chi connectivity index (χ0n) is 24.9. The summed E-state index contributed by atoms with van der Waals surface area (Å²) >= 11 is 0. The highest BCUT2D eigenvalue weighted by Gasteiger charge is 2.23. The molecular formula is C32H25N9O7. The lowest BCUT2D eigenvalue weighted by molar-refractivity contribution is -0.119. The van der Waals surface area contributed by atoms with Gasteiger partial charge in [0.25, 0.3) is 29.5 Å². The van der Waals surface area contributed by atoms with Gasteiger partial charge >= 0.3 is 0 Å². The highest BCUT2D eigenvalue weighted by Crippen LogP contribution is 2.30. The van der Waals surface area contributed by atoms with E-state index < -0.39 is 17.7 Å². The lowest BCUT2D eigenvalue weighted by Crippen LogP contribution is -2.27. The Hall–Kier alpha value is -6.84. The maximum atomic E-state index is 13.4. The first-order chi connectivity index (χ1) is 23.3. The lowest BCUT2D eigenvalue weighted by atomic mass is 10.1. The van der Waals surface area contributed by atoms with Gasteiger partial charge in [-0.05, 0) is 47.5 Å². The van der Waals surface area contributed by atoms with Crippen molar-refractivity contribution in [3.8, 4) is 11.5 Å². The first-order valence-electron chi connectivity index (χ1n) is 14.6. The van der Waals surface area contributed by atoms with Crippen LogP contribution in [0.5, 0.6) is 11.5 Å². The van der Waals surface area contributed by atoms with Crippen molar-refractivity contribution < 1.29 is 33.4 Å². The molecule has 0 saturated carbocycles. The Bertz CT molecular complexity index is 2150. The van der Waals surface area contributed by atoms with Crippen molar-refractivity contribution in [1.29, 1.82) is 0 Å². The van der Waals surface area contributed by atoms with Crippen molar-refractivity contribution in [3.05, 3.63) is 94.9 Å². The van der Waals surface area contributed by atoms with Crippen molar-refractivity contribution in [2.24, 2.45) is 0 Å². The van der Waals surface area contributed by atoms with Crippen LogP contribution in [0.2, 0.25) is 0 Å². The number of aromatic nitrogens is 4. The van der Waals surface area contributed by atoms with Gasteiger partial charge in [-0.1, -0.05) is 24.3 Å². The molecule has 5 aromatic rings. The second-order valence-corrected chi connectivity index (χ2v) is 10.7. The molecular weight excluding hydrogens is 622 g/mol. The monoisotopic (exact) mass is 647 g/mol. The van der Waals surface area contributed by atoms with E-state index in [4.69, 9.17) is 9.47 Å². The summed E-state index contributed by atoms with van der Waals surface area (Å²) in [6.07, 6.45) is 1.17. The van der Waals surface area contributed by atoms with Crippen LogP contribution in [0.4, 0.5) is 17.2 Å². The van der Waals surface area contributed by atoms with Crippen molar-refractivity contribution in [2.45, 2.75) is 13.1 Å². The molecule has 5 amide bonds. The summed E-state index contributed by atoms with van der Waals surface area (Å²) in [7, 11) is 0. The smallest absolute Gasteiger partial charge is 0.272 e. The van der Waals surface area contributed by atoms with Gasteiger partial charge in [-0.25, -0.2) is 9.97 Å². The van der Waals surface area contributed by atoms with E-state index in [2.05, 4.69) is 46.7 Å². The number of nitrogens with one attached hydrogen (secondary N) is 6. The van der Waals surface area contributed by atoms with E-state index in [1.165, 1.54) is 18.5 Å². The van der Waals surface area contributed by atoms with E-state index in [0.717, 1.165) is 0 Å². The fourth-order valence-corrected chi connectivity index (χ4v) is 5.17. The average molecular weight is 648 g/mol. The maximum absolute atomic E-state index is 13.4. The maximum Gasteiger partial charge on any atom is 0.272 e. The molecule has 16 heteroatoms. The first kappa shape index (κ1) is 29.8. The Morgan fingerprint density at radius 3 is 1.94 bits per heavy atom. The Labute approximate surface area is 270 Å². The lowest BCUT2D eigenvalue weighted by Gasteiger charge is -2.18. The summed E-state index contributed by atoms with van der Waals surface area (Å²) in [4.78, 5) is 71.2. The van der Waals surface area contributed by atoms with Crippen LogP contribution in [0.15, 0.2) is 67.0 Å². The molecule has 0 unspecified atom stereocenters. The predicted octanol–water partition coefficient (Wildman–Crippen LogP) is 2.13. The number of carbonyl (C=O) groups excluding carboxylic acids is 5. The summed E-state index contributed by atoms with van der Waals surface area (Å²) in [6.45, 7) is 0.135. The molecule has 0 aliphatic carbocycles. The molecule has 48 heavy (non-hydrogen) atoms. The Kier molecular flexibility index (Phi) is 7.78. The van der Waals surface area contributed by atoms with Crippen molar-refractivity contribution in [1.82, 2.24) is 30.8 Å². The summed E-state index contributed by atoms with van der Waals surface area (Å²) in [6, 6.07) is 16.6. The molecule has 7 rings (SSSR count). The van der Waals surface area contributed by atoms with Crippen LogP contribution in [-0.4, -0.2) is 62.9 Å². The standard InChI is InChI=1S/C32H25N9O7/c42-24-13-47-22-7-5-16(9-20(22)37-24)11-33-30(44)18-3-1-2-4-19(18)31(45)39-29-27-26(40-41-29)28(36-15-35-27)32(46)34-12-17-6-8-23-21(10-17)38-25(43)14-48-23/h1-10,15H,11-14H2,(H,33,44)(H,34,46)(H,37,42)(H,38,43)(H2,39,40,41,45). The van der Waals surface area contributed by atoms with Crippen molar-refractivity contribution in [2.75, 3.05) is 29.2 Å². The highest BCUT2D eigenvalue weighted by molar-refractivity contribution is 6.14. The van der Waals surface area contributed by atoms with E-state index in [1.54, 1.807) is 48.5 Å². The van der Waals surface area contributed by atoms with Crippen LogP contribution >= 0.6 is 0 Å². The van der Waals surface area contributed by atoms with Gasteiger partial charge in [-0.15, -0.1) is 0 Å². The normalized spacial score (nSPS) is 13.2. The van der Waals surface area contributed by atoms with Crippen molar-refractivity contribution in [3.63, 3.8) is 0 Å². The number of fused-ring (bicyclic) bond motifs is 3. The third kappa shape index (κ3) is 6.04. The number of nitrogens with zero attached hydrogens (tertiary/aromatic N) is 3. The summed E-state index contributed by atoms with van der Waals surface area (Å²) in [5.41, 5.74) is 3.01. The van der Waals surface area contributed by atoms with Gasteiger partial charge in [0, 0.05) is 13.1 Å². The Morgan fingerprint density at radius 2 is 1.31 bits per heavy atom. The van der Waals surface area contributed by atoms with Gasteiger partial charge in [0.1, 0.15) is 28.9 Å². The molecule has 16 nitrogen and oxygen atoms in total. The molecule has 2 aromatic heterocycles. The molecule has 0 radical (unpaired) electrons. The molecule has 0 bridgehead atoms. The van der Waals surface area contributed by atoms with Gasteiger partial charge in [-0.2, -0.15) is 5.10 Å². The zero-order valence-corrected chi connectivity index (χ0v) is 24.9. The molecule has 3 aromatic carbocycles. The van der Waals surface area contributed by atoms with Gasteiger partial charge < -0.3 is 36.1 Å². The fourth-order valence-electron chi connectivity index (χ4n) is 5.17. The SMILES string of the molecule is O=C1COc2ccc(CNC(=O)c3ccccc3C(=O)Nc3n[nH]c4c(C(=O)NCc5ccc6c(c5)NC(=O)CO6)ncnc34)cc2N1. The number of ether oxygens (including phenoxy) is 2. The van der Waals surface area contributed by atoms with E-state index in [-0.39, 0.29) is 71.8 Å². The fraction of sp³-hybridized carbons (Fsp3) is 0.125. The number of anilines is 3. The van der Waals surface area contributed by atoms with E-state index in [0.29, 0.717) is 34.0 Å². The highest BCUT2D eigenvalue weighted by atomic mass is 16.5. The minimum Gasteiger partial charge on any atom is -0.482 e. The van der Waals surface area contributed by atoms with Gasteiger partial charge in [0.05, 0.1) is 22.5 Å². The topological polar surface area (TPSA) is 218 Å². The number of H-pyrrole nitrogens is 1. The molecule has 2 aliphatic rings.